The van der Waals surface area contributed by atoms with Crippen LogP contribution in [-0.2, 0) is 4.79 Å². The van der Waals surface area contributed by atoms with Gasteiger partial charge in [0.15, 0.2) is 0 Å². The van der Waals surface area contributed by atoms with E-state index in [2.05, 4.69) is 22.8 Å². The summed E-state index contributed by atoms with van der Waals surface area (Å²) in [6, 6.07) is 7.13. The number of nitrogens with zero attached hydrogens (tertiary/aromatic N) is 2. The first-order chi connectivity index (χ1) is 12.5. The second kappa shape index (κ2) is 8.95. The highest BCUT2D eigenvalue weighted by molar-refractivity contribution is 6.42. The van der Waals surface area contributed by atoms with Crippen molar-refractivity contribution in [3.8, 4) is 0 Å². The molecule has 3 unspecified atom stereocenters. The Labute approximate surface area is 167 Å². The number of amides is 1. The van der Waals surface area contributed by atoms with Crippen LogP contribution in [0.5, 0.6) is 0 Å². The van der Waals surface area contributed by atoms with Crippen molar-refractivity contribution >= 4 is 29.1 Å². The molecule has 2 aliphatic rings. The van der Waals surface area contributed by atoms with E-state index >= 15 is 0 Å². The van der Waals surface area contributed by atoms with Gasteiger partial charge in [-0.2, -0.15) is 0 Å². The van der Waals surface area contributed by atoms with Crippen LogP contribution in [0.3, 0.4) is 0 Å². The van der Waals surface area contributed by atoms with Gasteiger partial charge in [0.05, 0.1) is 10.0 Å². The molecule has 2 fully saturated rings. The lowest BCUT2D eigenvalue weighted by molar-refractivity contribution is -0.131. The first kappa shape index (κ1) is 20.0. The van der Waals surface area contributed by atoms with Crippen molar-refractivity contribution in [1.82, 2.24) is 9.80 Å². The average Bonchev–Trinajstić information content (AvgIpc) is 2.73. The Hall–Kier alpha value is -0.770. The molecule has 2 heterocycles. The maximum atomic E-state index is 12.2. The predicted molar refractivity (Wildman–Crippen MR) is 109 cm³/mol. The number of carbonyl (C=O) groups is 1. The van der Waals surface area contributed by atoms with Crippen molar-refractivity contribution in [2.75, 3.05) is 19.6 Å². The zero-order valence-corrected chi connectivity index (χ0v) is 17.4. The van der Waals surface area contributed by atoms with Gasteiger partial charge in [0.25, 0.3) is 0 Å². The van der Waals surface area contributed by atoms with Crippen LogP contribution >= 0.6 is 23.2 Å². The summed E-state index contributed by atoms with van der Waals surface area (Å²) in [7, 11) is 0. The van der Waals surface area contributed by atoms with E-state index < -0.39 is 0 Å². The second-order valence-corrected chi connectivity index (χ2v) is 8.64. The van der Waals surface area contributed by atoms with Gasteiger partial charge in [0, 0.05) is 31.6 Å². The maximum Gasteiger partial charge on any atom is 0.222 e. The largest absolute Gasteiger partial charge is 0.341 e. The van der Waals surface area contributed by atoms with E-state index in [-0.39, 0.29) is 0 Å². The summed E-state index contributed by atoms with van der Waals surface area (Å²) in [5.74, 6) is 0.754. The Kier molecular flexibility index (Phi) is 6.87. The fraction of sp³-hybridized carbons (Fsp3) is 0.667. The fourth-order valence-electron chi connectivity index (χ4n) is 4.52. The highest BCUT2D eigenvalue weighted by Crippen LogP contribution is 2.32. The van der Waals surface area contributed by atoms with E-state index in [9.17, 15) is 4.79 Å². The maximum absolute atomic E-state index is 12.2. The first-order valence-electron chi connectivity index (χ1n) is 9.98. The zero-order valence-electron chi connectivity index (χ0n) is 15.9. The van der Waals surface area contributed by atoms with Crippen molar-refractivity contribution in [3.63, 3.8) is 0 Å². The molecule has 5 heteroatoms. The highest BCUT2D eigenvalue weighted by Gasteiger charge is 2.35. The molecule has 3 atom stereocenters. The Bertz CT molecular complexity index is 636. The minimum atomic E-state index is 0.307. The number of piperidine rings is 1. The third kappa shape index (κ3) is 4.55. The number of benzene rings is 1. The summed E-state index contributed by atoms with van der Waals surface area (Å²) in [4.78, 5) is 17.0. The van der Waals surface area contributed by atoms with E-state index in [4.69, 9.17) is 23.2 Å². The van der Waals surface area contributed by atoms with Crippen molar-refractivity contribution in [3.05, 3.63) is 33.8 Å². The van der Waals surface area contributed by atoms with Crippen LogP contribution in [0, 0.1) is 0 Å². The van der Waals surface area contributed by atoms with Crippen LogP contribution in [0.1, 0.15) is 63.9 Å². The van der Waals surface area contributed by atoms with Gasteiger partial charge in [-0.3, -0.25) is 9.69 Å². The molecule has 2 aliphatic heterocycles. The van der Waals surface area contributed by atoms with Gasteiger partial charge in [-0.15, -0.1) is 0 Å². The molecule has 3 rings (SSSR count). The molecule has 0 saturated carbocycles. The van der Waals surface area contributed by atoms with E-state index in [0.717, 1.165) is 32.5 Å². The molecular formula is C21H30Cl2N2O. The van der Waals surface area contributed by atoms with Gasteiger partial charge in [-0.05, 0) is 55.8 Å². The minimum absolute atomic E-state index is 0.307. The monoisotopic (exact) mass is 396 g/mol. The van der Waals surface area contributed by atoms with E-state index in [1.54, 1.807) is 0 Å². The summed E-state index contributed by atoms with van der Waals surface area (Å²) in [6.07, 6.45) is 6.61. The van der Waals surface area contributed by atoms with Crippen LogP contribution in [0.25, 0.3) is 0 Å². The number of carbonyl (C=O) groups excluding carboxylic acids is 1. The molecule has 0 aromatic heterocycles. The first-order valence-corrected chi connectivity index (χ1v) is 10.7. The molecule has 26 heavy (non-hydrogen) atoms. The topological polar surface area (TPSA) is 23.6 Å². The van der Waals surface area contributed by atoms with Crippen molar-refractivity contribution in [2.45, 2.75) is 70.4 Å². The quantitative estimate of drug-likeness (QED) is 0.669. The van der Waals surface area contributed by atoms with Gasteiger partial charge in [0.1, 0.15) is 0 Å². The fourth-order valence-corrected chi connectivity index (χ4v) is 4.83. The molecule has 0 spiro atoms. The lowest BCUT2D eigenvalue weighted by atomic mass is 9.92. The molecular weight excluding hydrogens is 367 g/mol. The van der Waals surface area contributed by atoms with Crippen LogP contribution in [0.4, 0.5) is 0 Å². The molecule has 0 radical (unpaired) electrons. The number of hydrogen-bond acceptors (Lipinski definition) is 2. The van der Waals surface area contributed by atoms with Gasteiger partial charge in [0.2, 0.25) is 5.91 Å². The Morgan fingerprint density at radius 1 is 1.19 bits per heavy atom. The smallest absolute Gasteiger partial charge is 0.222 e. The SMILES string of the molecule is CCC(=O)N1CCC2CCCC(C1)N2CCC(C)c1ccc(Cl)c(Cl)c1. The Morgan fingerprint density at radius 3 is 2.69 bits per heavy atom. The van der Waals surface area contributed by atoms with E-state index in [1.807, 2.05) is 19.1 Å². The summed E-state index contributed by atoms with van der Waals surface area (Å²) in [5, 5.41) is 1.25. The second-order valence-electron chi connectivity index (χ2n) is 7.82. The van der Waals surface area contributed by atoms with Gasteiger partial charge in [-0.25, -0.2) is 0 Å². The van der Waals surface area contributed by atoms with Gasteiger partial charge < -0.3 is 4.90 Å². The van der Waals surface area contributed by atoms with E-state index in [0.29, 0.717) is 40.4 Å². The molecule has 2 bridgehead atoms. The van der Waals surface area contributed by atoms with E-state index in [1.165, 1.54) is 24.8 Å². The van der Waals surface area contributed by atoms with Gasteiger partial charge in [-0.1, -0.05) is 49.5 Å². The van der Waals surface area contributed by atoms with Crippen LogP contribution in [0.2, 0.25) is 10.0 Å². The number of fused-ring (bicyclic) bond motifs is 2. The van der Waals surface area contributed by atoms with Crippen molar-refractivity contribution in [1.29, 1.82) is 0 Å². The van der Waals surface area contributed by atoms with Crippen molar-refractivity contribution in [2.24, 2.45) is 0 Å². The molecule has 3 nitrogen and oxygen atoms in total. The Morgan fingerprint density at radius 2 is 1.96 bits per heavy atom. The van der Waals surface area contributed by atoms with Crippen LogP contribution in [0.15, 0.2) is 18.2 Å². The molecule has 1 aromatic carbocycles. The Balaban J connectivity index is 1.64. The molecule has 0 N–H and O–H groups in total. The average molecular weight is 397 g/mol. The highest BCUT2D eigenvalue weighted by atomic mass is 35.5. The molecule has 2 saturated heterocycles. The third-order valence-corrected chi connectivity index (χ3v) is 6.90. The standard InChI is InChI=1S/C21H30Cl2N2O/c1-3-21(26)24-11-10-17-5-4-6-18(14-24)25(17)12-9-15(2)16-7-8-19(22)20(23)13-16/h7-8,13,15,17-18H,3-6,9-12,14H2,1-2H3. The van der Waals surface area contributed by atoms with Crippen LogP contribution in [-0.4, -0.2) is 47.4 Å². The van der Waals surface area contributed by atoms with Crippen LogP contribution < -0.4 is 0 Å². The lowest BCUT2D eigenvalue weighted by Gasteiger charge is -2.41. The summed E-state index contributed by atoms with van der Waals surface area (Å²) in [5.41, 5.74) is 1.25. The molecule has 1 amide bonds. The molecule has 0 aliphatic carbocycles. The third-order valence-electron chi connectivity index (χ3n) is 6.16. The minimum Gasteiger partial charge on any atom is -0.341 e. The molecule has 1 aromatic rings. The summed E-state index contributed by atoms with van der Waals surface area (Å²) in [6.45, 7) is 7.15. The zero-order chi connectivity index (χ0) is 18.7. The predicted octanol–water partition coefficient (Wildman–Crippen LogP) is 5.35. The number of halogens is 2. The number of hydrogen-bond donors (Lipinski definition) is 0. The van der Waals surface area contributed by atoms with Crippen molar-refractivity contribution < 1.29 is 4.79 Å². The summed E-state index contributed by atoms with van der Waals surface area (Å²) < 4.78 is 0. The normalized spacial score (nSPS) is 25.0. The molecule has 144 valence electrons. The summed E-state index contributed by atoms with van der Waals surface area (Å²) >= 11 is 12.2. The lowest BCUT2D eigenvalue weighted by Crippen LogP contribution is -2.49. The number of rotatable bonds is 5. The van der Waals surface area contributed by atoms with Gasteiger partial charge >= 0.3 is 0 Å².